The topological polar surface area (TPSA) is 73.3 Å². The number of benzene rings is 1. The second kappa shape index (κ2) is 5.74. The summed E-state index contributed by atoms with van der Waals surface area (Å²) in [7, 11) is 0. The van der Waals surface area contributed by atoms with Gasteiger partial charge in [0.2, 0.25) is 0 Å². The highest BCUT2D eigenvalue weighted by atomic mass is 16.2. The Morgan fingerprint density at radius 3 is 3.00 bits per heavy atom. The summed E-state index contributed by atoms with van der Waals surface area (Å²) in [5.41, 5.74) is 8.32. The molecule has 18 heavy (non-hydrogen) atoms. The van der Waals surface area contributed by atoms with Crippen LogP contribution < -0.4 is 10.6 Å². The minimum absolute atomic E-state index is 0.243. The van der Waals surface area contributed by atoms with Gasteiger partial charge in [0, 0.05) is 19.2 Å². The Kier molecular flexibility index (Phi) is 4.06. The Hall–Kier alpha value is -1.73. The van der Waals surface area contributed by atoms with Crippen LogP contribution in [0.15, 0.2) is 18.2 Å². The second-order valence-corrected chi connectivity index (χ2v) is 4.74. The van der Waals surface area contributed by atoms with Crippen molar-refractivity contribution in [2.75, 3.05) is 23.8 Å². The van der Waals surface area contributed by atoms with Gasteiger partial charge < -0.3 is 15.7 Å². The lowest BCUT2D eigenvalue weighted by molar-refractivity contribution is 0.279. The predicted octanol–water partition coefficient (Wildman–Crippen LogP) is 1.88. The molecule has 2 rings (SSSR count). The van der Waals surface area contributed by atoms with Crippen molar-refractivity contribution in [1.29, 1.82) is 5.26 Å². The Morgan fingerprint density at radius 2 is 2.33 bits per heavy atom. The van der Waals surface area contributed by atoms with Crippen molar-refractivity contribution in [3.8, 4) is 6.07 Å². The number of nitrogens with two attached hydrogens (primary N) is 1. The quantitative estimate of drug-likeness (QED) is 0.794. The fraction of sp³-hybridized carbons (Fsp3) is 0.500. The zero-order valence-corrected chi connectivity index (χ0v) is 10.5. The number of hydrogen-bond donors (Lipinski definition) is 2. The van der Waals surface area contributed by atoms with Crippen LogP contribution in [0.2, 0.25) is 0 Å². The SMILES string of the molecule is N#Cc1ccc(N2CCCC2CCCO)c(N)c1. The maximum Gasteiger partial charge on any atom is 0.0992 e. The van der Waals surface area contributed by atoms with E-state index in [0.29, 0.717) is 17.3 Å². The van der Waals surface area contributed by atoms with Crippen LogP contribution in [-0.4, -0.2) is 24.3 Å². The van der Waals surface area contributed by atoms with Gasteiger partial charge in [-0.15, -0.1) is 0 Å². The van der Waals surface area contributed by atoms with Crippen LogP contribution in [0.3, 0.4) is 0 Å². The number of hydrogen-bond acceptors (Lipinski definition) is 4. The molecule has 1 heterocycles. The van der Waals surface area contributed by atoms with Gasteiger partial charge in [0.25, 0.3) is 0 Å². The van der Waals surface area contributed by atoms with Crippen molar-refractivity contribution in [2.45, 2.75) is 31.7 Å². The van der Waals surface area contributed by atoms with Crippen LogP contribution in [0.25, 0.3) is 0 Å². The molecule has 4 nitrogen and oxygen atoms in total. The van der Waals surface area contributed by atoms with Gasteiger partial charge in [-0.05, 0) is 43.9 Å². The molecule has 3 N–H and O–H groups in total. The molecule has 0 aromatic heterocycles. The molecule has 96 valence electrons. The van der Waals surface area contributed by atoms with E-state index in [9.17, 15) is 0 Å². The average Bonchev–Trinajstić information content (AvgIpc) is 2.84. The summed E-state index contributed by atoms with van der Waals surface area (Å²) in [4.78, 5) is 2.31. The Morgan fingerprint density at radius 1 is 1.50 bits per heavy atom. The van der Waals surface area contributed by atoms with Crippen molar-refractivity contribution in [3.05, 3.63) is 23.8 Å². The molecule has 1 aromatic carbocycles. The van der Waals surface area contributed by atoms with Crippen molar-refractivity contribution in [3.63, 3.8) is 0 Å². The zero-order chi connectivity index (χ0) is 13.0. The van der Waals surface area contributed by atoms with E-state index in [0.717, 1.165) is 37.9 Å². The average molecular weight is 245 g/mol. The third-order valence-electron chi connectivity index (χ3n) is 3.54. The summed E-state index contributed by atoms with van der Waals surface area (Å²) in [5, 5.41) is 17.8. The van der Waals surface area contributed by atoms with E-state index in [2.05, 4.69) is 11.0 Å². The number of anilines is 2. The number of rotatable bonds is 4. The predicted molar refractivity (Wildman–Crippen MR) is 72.3 cm³/mol. The third kappa shape index (κ3) is 2.57. The maximum atomic E-state index is 8.93. The van der Waals surface area contributed by atoms with Crippen molar-refractivity contribution in [2.24, 2.45) is 0 Å². The highest BCUT2D eigenvalue weighted by molar-refractivity contribution is 5.70. The smallest absolute Gasteiger partial charge is 0.0992 e. The molecular weight excluding hydrogens is 226 g/mol. The number of nitrogens with zero attached hydrogens (tertiary/aromatic N) is 2. The van der Waals surface area contributed by atoms with Gasteiger partial charge in [0.05, 0.1) is 23.0 Å². The van der Waals surface area contributed by atoms with Crippen molar-refractivity contribution in [1.82, 2.24) is 0 Å². The highest BCUT2D eigenvalue weighted by Crippen LogP contribution is 2.32. The molecule has 0 radical (unpaired) electrons. The molecule has 1 unspecified atom stereocenters. The maximum absolute atomic E-state index is 8.93. The normalized spacial score (nSPS) is 18.9. The van der Waals surface area contributed by atoms with Gasteiger partial charge in [-0.2, -0.15) is 5.26 Å². The standard InChI is InChI=1S/C14H19N3O/c15-10-11-5-6-14(13(16)9-11)17-7-1-3-12(17)4-2-8-18/h5-6,9,12,18H,1-4,7-8,16H2. The fourth-order valence-corrected chi connectivity index (χ4v) is 2.67. The number of aliphatic hydroxyl groups excluding tert-OH is 1. The minimum atomic E-state index is 0.243. The summed E-state index contributed by atoms with van der Waals surface area (Å²) >= 11 is 0. The van der Waals surface area contributed by atoms with Crippen LogP contribution in [0.1, 0.15) is 31.2 Å². The second-order valence-electron chi connectivity index (χ2n) is 4.74. The van der Waals surface area contributed by atoms with Gasteiger partial charge >= 0.3 is 0 Å². The van der Waals surface area contributed by atoms with Crippen LogP contribution in [-0.2, 0) is 0 Å². The van der Waals surface area contributed by atoms with E-state index >= 15 is 0 Å². The molecule has 1 aromatic rings. The first-order valence-corrected chi connectivity index (χ1v) is 6.43. The van der Waals surface area contributed by atoms with Gasteiger partial charge in [-0.3, -0.25) is 0 Å². The summed E-state index contributed by atoms with van der Waals surface area (Å²) in [6, 6.07) is 8.05. The molecule has 0 spiro atoms. The van der Waals surface area contributed by atoms with Gasteiger partial charge in [0.15, 0.2) is 0 Å². The lowest BCUT2D eigenvalue weighted by Crippen LogP contribution is -2.30. The Bertz CT molecular complexity index is 453. The van der Waals surface area contributed by atoms with Crippen LogP contribution in [0.4, 0.5) is 11.4 Å². The van der Waals surface area contributed by atoms with Crippen molar-refractivity contribution < 1.29 is 5.11 Å². The fourth-order valence-electron chi connectivity index (χ4n) is 2.67. The highest BCUT2D eigenvalue weighted by Gasteiger charge is 2.25. The van der Waals surface area contributed by atoms with Crippen LogP contribution in [0.5, 0.6) is 0 Å². The molecule has 1 atom stereocenters. The molecule has 0 aliphatic carbocycles. The summed E-state index contributed by atoms with van der Waals surface area (Å²) in [6.07, 6.45) is 4.14. The molecule has 0 saturated carbocycles. The first-order valence-electron chi connectivity index (χ1n) is 6.43. The largest absolute Gasteiger partial charge is 0.397 e. The van der Waals surface area contributed by atoms with E-state index < -0.39 is 0 Å². The Balaban J connectivity index is 2.17. The van der Waals surface area contributed by atoms with Gasteiger partial charge in [-0.25, -0.2) is 0 Å². The third-order valence-corrected chi connectivity index (χ3v) is 3.54. The van der Waals surface area contributed by atoms with E-state index in [4.69, 9.17) is 16.1 Å². The molecular formula is C14H19N3O. The molecule has 0 bridgehead atoms. The first-order chi connectivity index (χ1) is 8.76. The van der Waals surface area contributed by atoms with E-state index in [1.165, 1.54) is 0 Å². The first kappa shape index (κ1) is 12.7. The molecule has 1 aliphatic rings. The minimum Gasteiger partial charge on any atom is -0.397 e. The monoisotopic (exact) mass is 245 g/mol. The summed E-state index contributed by atoms with van der Waals surface area (Å²) < 4.78 is 0. The van der Waals surface area contributed by atoms with E-state index in [1.54, 1.807) is 6.07 Å². The summed E-state index contributed by atoms with van der Waals surface area (Å²) in [6.45, 7) is 1.25. The molecule has 1 aliphatic heterocycles. The number of nitrogen functional groups attached to an aromatic ring is 1. The van der Waals surface area contributed by atoms with Crippen LogP contribution >= 0.6 is 0 Å². The van der Waals surface area contributed by atoms with E-state index in [1.807, 2.05) is 12.1 Å². The lowest BCUT2D eigenvalue weighted by atomic mass is 10.1. The molecule has 0 amide bonds. The van der Waals surface area contributed by atoms with Gasteiger partial charge in [0.1, 0.15) is 0 Å². The number of aliphatic hydroxyl groups is 1. The molecule has 4 heteroatoms. The molecule has 1 saturated heterocycles. The van der Waals surface area contributed by atoms with E-state index in [-0.39, 0.29) is 6.61 Å². The Labute approximate surface area is 108 Å². The van der Waals surface area contributed by atoms with Crippen molar-refractivity contribution >= 4 is 11.4 Å². The van der Waals surface area contributed by atoms with Crippen LogP contribution in [0, 0.1) is 11.3 Å². The zero-order valence-electron chi connectivity index (χ0n) is 10.5. The summed E-state index contributed by atoms with van der Waals surface area (Å²) in [5.74, 6) is 0. The van der Waals surface area contributed by atoms with Gasteiger partial charge in [-0.1, -0.05) is 0 Å². The molecule has 1 fully saturated rings. The number of nitriles is 1. The lowest BCUT2D eigenvalue weighted by Gasteiger charge is -2.28.